The van der Waals surface area contributed by atoms with Gasteiger partial charge < -0.3 is 0 Å². The second kappa shape index (κ2) is 8.39. The van der Waals surface area contributed by atoms with E-state index in [1.165, 1.54) is 23.3 Å². The zero-order valence-corrected chi connectivity index (χ0v) is 17.4. The number of rotatable bonds is 5. The third kappa shape index (κ3) is 4.18. The molecule has 1 aromatic heterocycles. The minimum atomic E-state index is -0.312. The fourth-order valence-electron chi connectivity index (χ4n) is 2.93. The van der Waals surface area contributed by atoms with E-state index in [0.29, 0.717) is 16.3 Å². The molecule has 4 rings (SSSR count). The summed E-state index contributed by atoms with van der Waals surface area (Å²) in [6.07, 6.45) is 1.64. The van der Waals surface area contributed by atoms with Crippen molar-refractivity contribution < 1.29 is 9.59 Å². The van der Waals surface area contributed by atoms with E-state index in [-0.39, 0.29) is 11.7 Å². The van der Waals surface area contributed by atoms with Gasteiger partial charge in [-0.05, 0) is 49.2 Å². The molecule has 0 radical (unpaired) electrons. The maximum atomic E-state index is 13.3. The maximum absolute atomic E-state index is 13.3. The monoisotopic (exact) mass is 413 g/mol. The van der Waals surface area contributed by atoms with E-state index in [1.54, 1.807) is 30.5 Å². The topological polar surface area (TPSA) is 62.6 Å². The lowest BCUT2D eigenvalue weighted by Crippen LogP contribution is -2.25. The SMILES string of the molecule is CC(=O)c1ccc(C(=O)N(/N=C/c2ccccc2)c2nc3ccc(C)cc3s2)cc1. The molecule has 0 unspecified atom stereocenters. The molecule has 0 saturated carbocycles. The van der Waals surface area contributed by atoms with Gasteiger partial charge in [0, 0.05) is 11.1 Å². The third-order valence-electron chi connectivity index (χ3n) is 4.57. The number of Topliss-reactive ketones (excluding diaryl/α,β-unsaturated/α-hetero) is 1. The highest BCUT2D eigenvalue weighted by Crippen LogP contribution is 2.30. The third-order valence-corrected chi connectivity index (χ3v) is 5.56. The van der Waals surface area contributed by atoms with E-state index in [9.17, 15) is 9.59 Å². The van der Waals surface area contributed by atoms with Gasteiger partial charge in [-0.2, -0.15) is 10.1 Å². The molecule has 0 spiro atoms. The zero-order valence-electron chi connectivity index (χ0n) is 16.6. The molecule has 0 aliphatic heterocycles. The van der Waals surface area contributed by atoms with Gasteiger partial charge in [-0.1, -0.05) is 59.9 Å². The standard InChI is InChI=1S/C24H19N3O2S/c1-16-8-13-21-22(14-16)30-24(26-21)27(25-15-18-6-4-3-5-7-18)23(29)20-11-9-19(10-12-20)17(2)28/h3-15H,1-2H3/b25-15+. The molecular weight excluding hydrogens is 394 g/mol. The summed E-state index contributed by atoms with van der Waals surface area (Å²) in [5, 5.41) is 6.26. The van der Waals surface area contributed by atoms with Gasteiger partial charge in [0.05, 0.1) is 16.4 Å². The van der Waals surface area contributed by atoms with Gasteiger partial charge in [0.2, 0.25) is 5.13 Å². The molecule has 0 saturated heterocycles. The zero-order chi connectivity index (χ0) is 21.1. The van der Waals surface area contributed by atoms with Crippen molar-refractivity contribution in [2.45, 2.75) is 13.8 Å². The van der Waals surface area contributed by atoms with Crippen LogP contribution >= 0.6 is 11.3 Å². The van der Waals surface area contributed by atoms with Gasteiger partial charge in [0.1, 0.15) is 0 Å². The van der Waals surface area contributed by atoms with Gasteiger partial charge in [-0.3, -0.25) is 9.59 Å². The van der Waals surface area contributed by atoms with E-state index in [2.05, 4.69) is 10.1 Å². The number of carbonyl (C=O) groups is 2. The van der Waals surface area contributed by atoms with Crippen LogP contribution in [0.4, 0.5) is 5.13 Å². The lowest BCUT2D eigenvalue weighted by molar-refractivity contribution is 0.0983. The van der Waals surface area contributed by atoms with Crippen molar-refractivity contribution in [2.24, 2.45) is 5.10 Å². The molecule has 148 valence electrons. The average molecular weight is 414 g/mol. The number of fused-ring (bicyclic) bond motifs is 1. The first-order valence-corrected chi connectivity index (χ1v) is 10.2. The number of ketones is 1. The van der Waals surface area contributed by atoms with Crippen molar-refractivity contribution in [3.8, 4) is 0 Å². The van der Waals surface area contributed by atoms with Crippen LogP contribution in [0.25, 0.3) is 10.2 Å². The quantitative estimate of drug-likeness (QED) is 0.247. The predicted octanol–water partition coefficient (Wildman–Crippen LogP) is 5.49. The Balaban J connectivity index is 1.74. The Morgan fingerprint density at radius 1 is 0.967 bits per heavy atom. The smallest absolute Gasteiger partial charge is 0.280 e. The summed E-state index contributed by atoms with van der Waals surface area (Å²) >= 11 is 1.41. The van der Waals surface area contributed by atoms with Crippen LogP contribution in [-0.2, 0) is 0 Å². The van der Waals surface area contributed by atoms with Gasteiger partial charge >= 0.3 is 0 Å². The van der Waals surface area contributed by atoms with Crippen molar-refractivity contribution in [3.05, 3.63) is 95.1 Å². The van der Waals surface area contributed by atoms with Crippen LogP contribution in [0, 0.1) is 6.92 Å². The summed E-state index contributed by atoms with van der Waals surface area (Å²) in [5.41, 5.74) is 3.81. The number of hydrogen-bond acceptors (Lipinski definition) is 5. The fraction of sp³-hybridized carbons (Fsp3) is 0.0833. The molecule has 1 heterocycles. The lowest BCUT2D eigenvalue weighted by Gasteiger charge is -2.14. The van der Waals surface area contributed by atoms with Crippen LogP contribution in [0.2, 0.25) is 0 Å². The Bertz CT molecular complexity index is 1240. The number of hydrogen-bond donors (Lipinski definition) is 0. The van der Waals surface area contributed by atoms with Crippen LogP contribution in [0.1, 0.15) is 38.8 Å². The number of anilines is 1. The Morgan fingerprint density at radius 2 is 1.67 bits per heavy atom. The highest BCUT2D eigenvalue weighted by Gasteiger charge is 2.21. The van der Waals surface area contributed by atoms with E-state index >= 15 is 0 Å². The molecule has 0 fully saturated rings. The number of aromatic nitrogens is 1. The average Bonchev–Trinajstić information content (AvgIpc) is 3.17. The minimum absolute atomic E-state index is 0.0468. The first-order valence-electron chi connectivity index (χ1n) is 9.43. The molecule has 0 atom stereocenters. The number of nitrogens with zero attached hydrogens (tertiary/aromatic N) is 3. The second-order valence-corrected chi connectivity index (χ2v) is 7.88. The molecule has 0 N–H and O–H groups in total. The van der Waals surface area contributed by atoms with Crippen molar-refractivity contribution in [3.63, 3.8) is 0 Å². The molecule has 0 aliphatic rings. The van der Waals surface area contributed by atoms with Crippen LogP contribution in [0.5, 0.6) is 0 Å². The maximum Gasteiger partial charge on any atom is 0.280 e. The van der Waals surface area contributed by atoms with Crippen molar-refractivity contribution in [1.82, 2.24) is 4.98 Å². The van der Waals surface area contributed by atoms with Gasteiger partial charge in [-0.15, -0.1) is 0 Å². The van der Waals surface area contributed by atoms with Gasteiger partial charge in [0.15, 0.2) is 5.78 Å². The molecule has 4 aromatic rings. The summed E-state index contributed by atoms with van der Waals surface area (Å²) in [6, 6.07) is 22.1. The van der Waals surface area contributed by atoms with E-state index in [4.69, 9.17) is 0 Å². The molecule has 3 aromatic carbocycles. The van der Waals surface area contributed by atoms with Crippen LogP contribution < -0.4 is 5.01 Å². The molecule has 5 nitrogen and oxygen atoms in total. The minimum Gasteiger partial charge on any atom is -0.295 e. The number of thiazole rings is 1. The molecule has 6 heteroatoms. The van der Waals surface area contributed by atoms with Gasteiger partial charge in [-0.25, -0.2) is 4.98 Å². The largest absolute Gasteiger partial charge is 0.295 e. The number of benzene rings is 3. The predicted molar refractivity (Wildman–Crippen MR) is 122 cm³/mol. The summed E-state index contributed by atoms with van der Waals surface area (Å²) in [6.45, 7) is 3.52. The Labute approximate surface area is 178 Å². The van der Waals surface area contributed by atoms with Crippen molar-refractivity contribution in [2.75, 3.05) is 5.01 Å². The summed E-state index contributed by atoms with van der Waals surface area (Å²) in [5.74, 6) is -0.359. The summed E-state index contributed by atoms with van der Waals surface area (Å²) in [4.78, 5) is 29.4. The Hall–Kier alpha value is -3.64. The Morgan fingerprint density at radius 3 is 2.37 bits per heavy atom. The summed E-state index contributed by atoms with van der Waals surface area (Å²) < 4.78 is 0.990. The highest BCUT2D eigenvalue weighted by molar-refractivity contribution is 7.22. The number of carbonyl (C=O) groups excluding carboxylic acids is 2. The number of amides is 1. The van der Waals surface area contributed by atoms with Crippen molar-refractivity contribution >= 4 is 44.6 Å². The van der Waals surface area contributed by atoms with Crippen molar-refractivity contribution in [1.29, 1.82) is 0 Å². The first kappa shape index (κ1) is 19.7. The van der Waals surface area contributed by atoms with E-state index in [0.717, 1.165) is 21.3 Å². The fourth-order valence-corrected chi connectivity index (χ4v) is 3.95. The normalized spacial score (nSPS) is 11.1. The van der Waals surface area contributed by atoms with Crippen LogP contribution in [0.3, 0.4) is 0 Å². The van der Waals surface area contributed by atoms with E-state index < -0.39 is 0 Å². The van der Waals surface area contributed by atoms with Gasteiger partial charge in [0.25, 0.3) is 5.91 Å². The molecular formula is C24H19N3O2S. The van der Waals surface area contributed by atoms with Crippen LogP contribution in [0.15, 0.2) is 77.9 Å². The first-order chi connectivity index (χ1) is 14.5. The lowest BCUT2D eigenvalue weighted by atomic mass is 10.1. The number of hydrazone groups is 1. The van der Waals surface area contributed by atoms with Crippen LogP contribution in [-0.4, -0.2) is 22.9 Å². The summed E-state index contributed by atoms with van der Waals surface area (Å²) in [7, 11) is 0. The van der Waals surface area contributed by atoms with E-state index in [1.807, 2.05) is 55.5 Å². The number of aryl methyl sites for hydroxylation is 1. The Kier molecular flexibility index (Phi) is 5.50. The molecule has 0 bridgehead atoms. The molecule has 1 amide bonds. The second-order valence-electron chi connectivity index (χ2n) is 6.87. The molecule has 0 aliphatic carbocycles. The highest BCUT2D eigenvalue weighted by atomic mass is 32.1. The molecule has 30 heavy (non-hydrogen) atoms.